The fraction of sp³-hybridized carbons (Fsp3) is 0.571. The van der Waals surface area contributed by atoms with Crippen molar-refractivity contribution in [1.29, 1.82) is 0 Å². The van der Waals surface area contributed by atoms with E-state index in [4.69, 9.17) is 4.74 Å². The minimum atomic E-state index is 0.544. The summed E-state index contributed by atoms with van der Waals surface area (Å²) >= 11 is 0. The minimum absolute atomic E-state index is 0.544. The molecule has 0 spiro atoms. The van der Waals surface area contributed by atoms with Gasteiger partial charge in [0, 0.05) is 5.56 Å². The van der Waals surface area contributed by atoms with Gasteiger partial charge in [0.1, 0.15) is 5.75 Å². The molecule has 0 N–H and O–H groups in total. The first-order valence-corrected chi connectivity index (χ1v) is 5.73. The zero-order valence-electron chi connectivity index (χ0n) is 10.5. The molecule has 1 atom stereocenters. The molecule has 1 nitrogen and oxygen atoms in total. The highest BCUT2D eigenvalue weighted by Gasteiger charge is 2.15. The van der Waals surface area contributed by atoms with E-state index in [1.807, 2.05) is 0 Å². The largest absolute Gasteiger partial charge is 0.496 e. The lowest BCUT2D eigenvalue weighted by Gasteiger charge is -2.19. The topological polar surface area (TPSA) is 9.23 Å². The van der Waals surface area contributed by atoms with Gasteiger partial charge in [-0.15, -0.1) is 0 Å². The molecule has 0 saturated carbocycles. The van der Waals surface area contributed by atoms with Gasteiger partial charge in [0.05, 0.1) is 7.11 Å². The van der Waals surface area contributed by atoms with Crippen molar-refractivity contribution in [2.75, 3.05) is 7.11 Å². The number of aryl methyl sites for hydroxylation is 2. The second-order valence-corrected chi connectivity index (χ2v) is 4.05. The second kappa shape index (κ2) is 5.20. The standard InChI is InChI=1S/C14H21O/c1-6-10(3)13-11(4)8-9-12(7-2)14(13)15-5/h9-10H,6-7H2,1-5H3. The number of benzene rings is 1. The summed E-state index contributed by atoms with van der Waals surface area (Å²) in [6, 6.07) is 5.38. The molecule has 1 unspecified atom stereocenters. The van der Waals surface area contributed by atoms with Crippen LogP contribution in [0.15, 0.2) is 6.07 Å². The summed E-state index contributed by atoms with van der Waals surface area (Å²) in [6.45, 7) is 8.73. The molecule has 1 heteroatoms. The summed E-state index contributed by atoms with van der Waals surface area (Å²) in [7, 11) is 1.76. The molecule has 83 valence electrons. The van der Waals surface area contributed by atoms with Gasteiger partial charge in [0.2, 0.25) is 0 Å². The monoisotopic (exact) mass is 205 g/mol. The Morgan fingerprint density at radius 2 is 2.07 bits per heavy atom. The molecule has 0 amide bonds. The van der Waals surface area contributed by atoms with Crippen molar-refractivity contribution in [2.45, 2.75) is 46.5 Å². The van der Waals surface area contributed by atoms with Crippen LogP contribution in [0.25, 0.3) is 0 Å². The van der Waals surface area contributed by atoms with E-state index in [1.165, 1.54) is 16.7 Å². The summed E-state index contributed by atoms with van der Waals surface area (Å²) in [5.74, 6) is 1.62. The van der Waals surface area contributed by atoms with E-state index in [0.29, 0.717) is 5.92 Å². The Kier molecular flexibility index (Phi) is 4.19. The van der Waals surface area contributed by atoms with Gasteiger partial charge in [-0.3, -0.25) is 0 Å². The van der Waals surface area contributed by atoms with Crippen molar-refractivity contribution in [2.24, 2.45) is 0 Å². The van der Waals surface area contributed by atoms with Crippen LogP contribution in [0.3, 0.4) is 0 Å². The minimum Gasteiger partial charge on any atom is -0.496 e. The third-order valence-electron chi connectivity index (χ3n) is 3.09. The Morgan fingerprint density at radius 3 is 2.53 bits per heavy atom. The molecule has 0 saturated heterocycles. The van der Waals surface area contributed by atoms with E-state index in [1.54, 1.807) is 7.11 Å². The van der Waals surface area contributed by atoms with E-state index in [9.17, 15) is 0 Å². The summed E-state index contributed by atoms with van der Waals surface area (Å²) in [4.78, 5) is 0. The number of hydrogen-bond acceptors (Lipinski definition) is 1. The van der Waals surface area contributed by atoms with Gasteiger partial charge in [0.15, 0.2) is 0 Å². The predicted molar refractivity (Wildman–Crippen MR) is 64.7 cm³/mol. The molecule has 0 heterocycles. The Bertz CT molecular complexity index is 328. The van der Waals surface area contributed by atoms with Crippen molar-refractivity contribution in [3.63, 3.8) is 0 Å². The lowest BCUT2D eigenvalue weighted by atomic mass is 9.90. The quantitative estimate of drug-likeness (QED) is 0.724. The van der Waals surface area contributed by atoms with Crippen molar-refractivity contribution in [3.8, 4) is 5.75 Å². The van der Waals surface area contributed by atoms with Gasteiger partial charge in [-0.05, 0) is 48.9 Å². The SMILES string of the molecule is CCc1c[c]c(C)c(C(C)CC)c1OC. The van der Waals surface area contributed by atoms with Crippen LogP contribution in [0.4, 0.5) is 0 Å². The zero-order chi connectivity index (χ0) is 11.4. The van der Waals surface area contributed by atoms with Crippen molar-refractivity contribution >= 4 is 0 Å². The van der Waals surface area contributed by atoms with Gasteiger partial charge >= 0.3 is 0 Å². The van der Waals surface area contributed by atoms with E-state index in [-0.39, 0.29) is 0 Å². The van der Waals surface area contributed by atoms with Gasteiger partial charge in [0.25, 0.3) is 0 Å². The lowest BCUT2D eigenvalue weighted by molar-refractivity contribution is 0.400. The van der Waals surface area contributed by atoms with Crippen LogP contribution in [0.5, 0.6) is 5.75 Å². The summed E-state index contributed by atoms with van der Waals surface area (Å²) in [5, 5.41) is 0. The summed E-state index contributed by atoms with van der Waals surface area (Å²) < 4.78 is 5.55. The molecule has 15 heavy (non-hydrogen) atoms. The maximum absolute atomic E-state index is 5.55. The summed E-state index contributed by atoms with van der Waals surface area (Å²) in [6.07, 6.45) is 2.14. The van der Waals surface area contributed by atoms with Crippen LogP contribution in [-0.4, -0.2) is 7.11 Å². The molecule has 0 aromatic heterocycles. The second-order valence-electron chi connectivity index (χ2n) is 4.05. The van der Waals surface area contributed by atoms with E-state index in [0.717, 1.165) is 18.6 Å². The number of methoxy groups -OCH3 is 1. The molecular weight excluding hydrogens is 184 g/mol. The average molecular weight is 205 g/mol. The first-order valence-electron chi connectivity index (χ1n) is 5.73. The summed E-state index contributed by atoms with van der Waals surface area (Å²) in [5.41, 5.74) is 3.82. The maximum Gasteiger partial charge on any atom is 0.125 e. The molecule has 0 fully saturated rings. The molecule has 1 radical (unpaired) electrons. The van der Waals surface area contributed by atoms with Crippen LogP contribution < -0.4 is 4.74 Å². The van der Waals surface area contributed by atoms with Crippen LogP contribution in [-0.2, 0) is 6.42 Å². The van der Waals surface area contributed by atoms with E-state index >= 15 is 0 Å². The first-order chi connectivity index (χ1) is 7.15. The fourth-order valence-electron chi connectivity index (χ4n) is 1.98. The van der Waals surface area contributed by atoms with Crippen molar-refractivity contribution in [3.05, 3.63) is 28.8 Å². The van der Waals surface area contributed by atoms with Gasteiger partial charge in [-0.1, -0.05) is 20.8 Å². The zero-order valence-corrected chi connectivity index (χ0v) is 10.5. The predicted octanol–water partition coefficient (Wildman–Crippen LogP) is 3.88. The molecule has 1 rings (SSSR count). The van der Waals surface area contributed by atoms with Crippen LogP contribution in [0.2, 0.25) is 0 Å². The lowest BCUT2D eigenvalue weighted by Crippen LogP contribution is -2.03. The molecule has 0 aliphatic heterocycles. The Balaban J connectivity index is 3.31. The Labute approximate surface area is 93.5 Å². The number of ether oxygens (including phenoxy) is 1. The van der Waals surface area contributed by atoms with Crippen LogP contribution in [0, 0.1) is 13.0 Å². The normalized spacial score (nSPS) is 12.6. The van der Waals surface area contributed by atoms with Crippen molar-refractivity contribution < 1.29 is 4.74 Å². The molecule has 0 aliphatic carbocycles. The molecule has 0 bridgehead atoms. The highest BCUT2D eigenvalue weighted by Crippen LogP contribution is 2.34. The Hall–Kier alpha value is -0.980. The molecule has 0 aliphatic rings. The highest BCUT2D eigenvalue weighted by atomic mass is 16.5. The van der Waals surface area contributed by atoms with Crippen LogP contribution >= 0.6 is 0 Å². The molecule has 1 aromatic carbocycles. The fourth-order valence-corrected chi connectivity index (χ4v) is 1.98. The smallest absolute Gasteiger partial charge is 0.125 e. The number of hydrogen-bond donors (Lipinski definition) is 0. The number of rotatable bonds is 4. The average Bonchev–Trinajstić information content (AvgIpc) is 2.27. The molecule has 1 aromatic rings. The van der Waals surface area contributed by atoms with Gasteiger partial charge in [-0.25, -0.2) is 0 Å². The van der Waals surface area contributed by atoms with Gasteiger partial charge < -0.3 is 4.74 Å². The van der Waals surface area contributed by atoms with Crippen molar-refractivity contribution in [1.82, 2.24) is 0 Å². The Morgan fingerprint density at radius 1 is 1.40 bits per heavy atom. The first kappa shape index (κ1) is 12.1. The third kappa shape index (κ3) is 2.34. The third-order valence-corrected chi connectivity index (χ3v) is 3.09. The van der Waals surface area contributed by atoms with E-state index < -0.39 is 0 Å². The maximum atomic E-state index is 5.55. The molecular formula is C14H21O. The van der Waals surface area contributed by atoms with E-state index in [2.05, 4.69) is 39.8 Å². The highest BCUT2D eigenvalue weighted by molar-refractivity contribution is 5.47. The van der Waals surface area contributed by atoms with Crippen LogP contribution in [0.1, 0.15) is 49.8 Å². The van der Waals surface area contributed by atoms with Gasteiger partial charge in [-0.2, -0.15) is 0 Å².